The molecule has 1 aliphatic carbocycles. The van der Waals surface area contributed by atoms with E-state index in [0.717, 1.165) is 23.1 Å². The molecule has 7 heteroatoms. The zero-order valence-electron chi connectivity index (χ0n) is 17.7. The number of nitrogens with zero attached hydrogens (tertiary/aromatic N) is 3. The van der Waals surface area contributed by atoms with Crippen LogP contribution in [0.3, 0.4) is 0 Å². The van der Waals surface area contributed by atoms with Crippen LogP contribution < -0.4 is 10.9 Å². The number of carbonyl (C=O) groups is 2. The number of hydrogen-bond acceptors (Lipinski definition) is 4. The van der Waals surface area contributed by atoms with Gasteiger partial charge in [0, 0.05) is 25.0 Å². The summed E-state index contributed by atoms with van der Waals surface area (Å²) >= 11 is 0. The molecule has 1 unspecified atom stereocenters. The number of carbonyl (C=O) groups excluding carboxylic acids is 2. The maximum Gasteiger partial charge on any atom is 0.275 e. The van der Waals surface area contributed by atoms with Crippen molar-refractivity contribution in [3.05, 3.63) is 76.2 Å². The lowest BCUT2D eigenvalue weighted by atomic mass is 10.1. The first-order valence-corrected chi connectivity index (χ1v) is 10.5. The molecule has 1 heterocycles. The van der Waals surface area contributed by atoms with E-state index >= 15 is 0 Å². The van der Waals surface area contributed by atoms with Crippen molar-refractivity contribution in [2.75, 3.05) is 7.05 Å². The molecule has 0 aliphatic heterocycles. The Kier molecular flexibility index (Phi) is 5.84. The van der Waals surface area contributed by atoms with Crippen molar-refractivity contribution in [2.45, 2.75) is 38.9 Å². The first-order valence-electron chi connectivity index (χ1n) is 10.5. The monoisotopic (exact) mass is 418 g/mol. The summed E-state index contributed by atoms with van der Waals surface area (Å²) in [6, 6.07) is 16.7. The number of benzene rings is 2. The minimum Gasteiger partial charge on any atom is -0.354 e. The smallest absolute Gasteiger partial charge is 0.275 e. The molecule has 1 aliphatic rings. The van der Waals surface area contributed by atoms with E-state index in [9.17, 15) is 14.4 Å². The van der Waals surface area contributed by atoms with Crippen LogP contribution in [0.15, 0.2) is 59.4 Å². The number of hydrogen-bond donors (Lipinski definition) is 1. The summed E-state index contributed by atoms with van der Waals surface area (Å²) in [5, 5.41) is 7.67. The highest BCUT2D eigenvalue weighted by atomic mass is 16.2. The number of aromatic nitrogens is 2. The summed E-state index contributed by atoms with van der Waals surface area (Å²) in [6.45, 7) is 2.32. The molecule has 4 rings (SSSR count). The van der Waals surface area contributed by atoms with Crippen LogP contribution in [0.4, 0.5) is 0 Å². The summed E-state index contributed by atoms with van der Waals surface area (Å²) in [5.74, 6) is -0.101. The molecule has 1 saturated carbocycles. The van der Waals surface area contributed by atoms with Gasteiger partial charge in [0.15, 0.2) is 5.69 Å². The Morgan fingerprint density at radius 2 is 1.74 bits per heavy atom. The Balaban J connectivity index is 1.69. The third-order valence-electron chi connectivity index (χ3n) is 5.91. The van der Waals surface area contributed by atoms with Crippen LogP contribution in [0, 0.1) is 5.92 Å². The molecular weight excluding hydrogens is 392 g/mol. The summed E-state index contributed by atoms with van der Waals surface area (Å²) < 4.78 is 1.12. The third-order valence-corrected chi connectivity index (χ3v) is 5.91. The number of rotatable bonds is 7. The predicted octanol–water partition coefficient (Wildman–Crippen LogP) is 2.58. The lowest BCUT2D eigenvalue weighted by Crippen LogP contribution is -2.43. The molecule has 0 bridgehead atoms. The molecule has 7 nitrogen and oxygen atoms in total. The van der Waals surface area contributed by atoms with E-state index in [1.54, 1.807) is 24.3 Å². The Morgan fingerprint density at radius 1 is 1.10 bits per heavy atom. The van der Waals surface area contributed by atoms with E-state index in [1.807, 2.05) is 35.2 Å². The highest BCUT2D eigenvalue weighted by molar-refractivity contribution is 6.04. The molecule has 1 aromatic heterocycles. The van der Waals surface area contributed by atoms with Crippen LogP contribution in [0.1, 0.15) is 35.8 Å². The topological polar surface area (TPSA) is 84.3 Å². The summed E-state index contributed by atoms with van der Waals surface area (Å²) in [6.07, 6.45) is 2.21. The van der Waals surface area contributed by atoms with Crippen molar-refractivity contribution in [3.63, 3.8) is 0 Å². The molecule has 1 N–H and O–H groups in total. The van der Waals surface area contributed by atoms with Gasteiger partial charge in [-0.15, -0.1) is 0 Å². The molecule has 1 fully saturated rings. The number of fused-ring (bicyclic) bond motifs is 1. The van der Waals surface area contributed by atoms with Crippen LogP contribution >= 0.6 is 0 Å². The van der Waals surface area contributed by atoms with Crippen LogP contribution in [0.25, 0.3) is 10.8 Å². The molecule has 0 spiro atoms. The lowest BCUT2D eigenvalue weighted by Gasteiger charge is -2.30. The SMILES string of the molecule is CNC(=O)c1nn(CC(=O)N(Cc2ccccc2)C(C)C2CC2)c(=O)c2ccccc12. The van der Waals surface area contributed by atoms with E-state index in [0.29, 0.717) is 23.2 Å². The Labute approximate surface area is 180 Å². The van der Waals surface area contributed by atoms with Crippen LogP contribution in [0.2, 0.25) is 0 Å². The van der Waals surface area contributed by atoms with Gasteiger partial charge in [0.2, 0.25) is 5.91 Å². The minimum atomic E-state index is -0.398. The van der Waals surface area contributed by atoms with E-state index in [2.05, 4.69) is 17.3 Å². The molecule has 2 amide bonds. The van der Waals surface area contributed by atoms with Crippen molar-refractivity contribution < 1.29 is 9.59 Å². The van der Waals surface area contributed by atoms with E-state index in [4.69, 9.17) is 0 Å². The van der Waals surface area contributed by atoms with Gasteiger partial charge in [-0.2, -0.15) is 5.10 Å². The molecule has 0 radical (unpaired) electrons. The molecule has 1 atom stereocenters. The lowest BCUT2D eigenvalue weighted by molar-refractivity contribution is -0.135. The molecule has 3 aromatic rings. The average molecular weight is 418 g/mol. The van der Waals surface area contributed by atoms with Gasteiger partial charge in [-0.05, 0) is 37.3 Å². The zero-order valence-corrected chi connectivity index (χ0v) is 17.7. The first kappa shape index (κ1) is 20.8. The van der Waals surface area contributed by atoms with Crippen molar-refractivity contribution in [1.29, 1.82) is 0 Å². The summed E-state index contributed by atoms with van der Waals surface area (Å²) in [4.78, 5) is 40.6. The zero-order chi connectivity index (χ0) is 22.0. The predicted molar refractivity (Wildman–Crippen MR) is 119 cm³/mol. The van der Waals surface area contributed by atoms with Crippen LogP contribution in [-0.2, 0) is 17.9 Å². The molecule has 160 valence electrons. The highest BCUT2D eigenvalue weighted by Gasteiger charge is 2.34. The number of nitrogens with one attached hydrogen (secondary N) is 1. The quantitative estimate of drug-likeness (QED) is 0.639. The van der Waals surface area contributed by atoms with Gasteiger partial charge in [-0.25, -0.2) is 4.68 Å². The largest absolute Gasteiger partial charge is 0.354 e. The Bertz CT molecular complexity index is 1170. The second-order valence-electron chi connectivity index (χ2n) is 8.02. The van der Waals surface area contributed by atoms with E-state index in [-0.39, 0.29) is 29.7 Å². The fraction of sp³-hybridized carbons (Fsp3) is 0.333. The van der Waals surface area contributed by atoms with Gasteiger partial charge in [-0.3, -0.25) is 14.4 Å². The minimum absolute atomic E-state index is 0.0716. The van der Waals surface area contributed by atoms with Crippen molar-refractivity contribution in [2.24, 2.45) is 5.92 Å². The van der Waals surface area contributed by atoms with Crippen molar-refractivity contribution in [3.8, 4) is 0 Å². The van der Waals surface area contributed by atoms with Crippen LogP contribution in [-0.4, -0.2) is 39.6 Å². The van der Waals surface area contributed by atoms with Gasteiger partial charge in [0.1, 0.15) is 6.54 Å². The average Bonchev–Trinajstić information content (AvgIpc) is 3.64. The highest BCUT2D eigenvalue weighted by Crippen LogP contribution is 2.35. The Morgan fingerprint density at radius 3 is 2.39 bits per heavy atom. The molecular formula is C24H26N4O3. The fourth-order valence-electron chi connectivity index (χ4n) is 3.92. The van der Waals surface area contributed by atoms with Crippen LogP contribution in [0.5, 0.6) is 0 Å². The van der Waals surface area contributed by atoms with Crippen molar-refractivity contribution in [1.82, 2.24) is 20.0 Å². The summed E-state index contributed by atoms with van der Waals surface area (Å²) in [5.41, 5.74) is 0.791. The molecule has 0 saturated heterocycles. The van der Waals surface area contributed by atoms with Gasteiger partial charge in [0.25, 0.3) is 11.5 Å². The second-order valence-corrected chi connectivity index (χ2v) is 8.02. The third kappa shape index (κ3) is 4.35. The Hall–Kier alpha value is -3.48. The maximum atomic E-state index is 13.4. The summed E-state index contributed by atoms with van der Waals surface area (Å²) in [7, 11) is 1.51. The normalized spacial score (nSPS) is 14.3. The molecule has 31 heavy (non-hydrogen) atoms. The van der Waals surface area contributed by atoms with Gasteiger partial charge >= 0.3 is 0 Å². The van der Waals surface area contributed by atoms with Gasteiger partial charge in [0.05, 0.1) is 5.39 Å². The first-order chi connectivity index (χ1) is 15.0. The van der Waals surface area contributed by atoms with Crippen molar-refractivity contribution >= 4 is 22.6 Å². The van der Waals surface area contributed by atoms with E-state index < -0.39 is 5.91 Å². The van der Waals surface area contributed by atoms with Gasteiger partial charge < -0.3 is 10.2 Å². The van der Waals surface area contributed by atoms with Gasteiger partial charge in [-0.1, -0.05) is 48.5 Å². The molecule has 2 aromatic carbocycles. The standard InChI is InChI=1S/C24H26N4O3/c1-16(18-12-13-18)27(14-17-8-4-3-5-9-17)21(29)15-28-24(31)20-11-7-6-10-19(20)22(26-28)23(30)25-2/h3-11,16,18H,12-15H2,1-2H3,(H,25,30). The maximum absolute atomic E-state index is 13.4. The van der Waals surface area contributed by atoms with E-state index in [1.165, 1.54) is 7.05 Å². The number of amides is 2. The fourth-order valence-corrected chi connectivity index (χ4v) is 3.92. The second kappa shape index (κ2) is 8.71.